The van der Waals surface area contributed by atoms with Gasteiger partial charge in [-0.05, 0) is 42.9 Å². The van der Waals surface area contributed by atoms with Crippen molar-refractivity contribution < 1.29 is 9.53 Å². The van der Waals surface area contributed by atoms with Gasteiger partial charge < -0.3 is 10.1 Å². The minimum absolute atomic E-state index is 0.0391. The highest BCUT2D eigenvalue weighted by Gasteiger charge is 2.34. The Morgan fingerprint density at radius 3 is 3.00 bits per heavy atom. The molecule has 0 unspecified atom stereocenters. The van der Waals surface area contributed by atoms with Gasteiger partial charge in [-0.15, -0.1) is 0 Å². The van der Waals surface area contributed by atoms with E-state index in [1.807, 2.05) is 35.5 Å². The summed E-state index contributed by atoms with van der Waals surface area (Å²) in [4.78, 5) is 24.5. The van der Waals surface area contributed by atoms with E-state index in [-0.39, 0.29) is 11.2 Å². The summed E-state index contributed by atoms with van der Waals surface area (Å²) in [6.07, 6.45) is 14.7. The molecule has 158 valence electrons. The molecule has 0 bridgehead atoms. The third-order valence-corrected chi connectivity index (χ3v) is 6.67. The molecule has 0 atom stereocenters. The summed E-state index contributed by atoms with van der Waals surface area (Å²) in [6.45, 7) is 4.25. The molecular weight excluding hydrogens is 408 g/mol. The molecular formula is C24H24N4O2S. The highest BCUT2D eigenvalue weighted by Crippen LogP contribution is 2.40. The Hall–Kier alpha value is -3.19. The molecule has 0 fully saturated rings. The number of ketones is 1. The highest BCUT2D eigenvalue weighted by atomic mass is 32.1. The molecule has 7 heteroatoms. The number of carbonyl (C=O) groups excluding carboxylic acids is 1. The van der Waals surface area contributed by atoms with Gasteiger partial charge in [-0.3, -0.25) is 9.69 Å². The summed E-state index contributed by atoms with van der Waals surface area (Å²) < 4.78 is 5.89. The lowest BCUT2D eigenvalue weighted by molar-refractivity contribution is 0.0916. The number of nitrogens with one attached hydrogen (secondary N) is 1. The number of carbonyl (C=O) groups is 1. The van der Waals surface area contributed by atoms with Crippen LogP contribution in [0.4, 0.5) is 10.9 Å². The fourth-order valence-corrected chi connectivity index (χ4v) is 5.05. The second-order valence-corrected chi connectivity index (χ2v) is 9.67. The van der Waals surface area contributed by atoms with Crippen molar-refractivity contribution in [1.82, 2.24) is 9.97 Å². The predicted octanol–water partition coefficient (Wildman–Crippen LogP) is 5.56. The number of rotatable bonds is 4. The van der Waals surface area contributed by atoms with Crippen LogP contribution in [0, 0.1) is 5.41 Å². The fraction of sp³-hybridized carbons (Fsp3) is 0.292. The molecule has 1 aliphatic heterocycles. The molecule has 6 nitrogen and oxygen atoms in total. The number of pyridine rings is 1. The molecule has 0 saturated carbocycles. The predicted molar refractivity (Wildman–Crippen MR) is 123 cm³/mol. The van der Waals surface area contributed by atoms with Gasteiger partial charge in [0.15, 0.2) is 10.9 Å². The smallest absolute Gasteiger partial charge is 0.194 e. The average molecular weight is 433 g/mol. The van der Waals surface area contributed by atoms with Gasteiger partial charge >= 0.3 is 0 Å². The number of anilines is 2. The molecule has 1 N–H and O–H groups in total. The zero-order chi connectivity index (χ0) is 21.4. The maximum absolute atomic E-state index is 12.6. The van der Waals surface area contributed by atoms with Gasteiger partial charge in [0, 0.05) is 30.1 Å². The van der Waals surface area contributed by atoms with E-state index in [1.54, 1.807) is 12.5 Å². The second kappa shape index (κ2) is 7.81. The normalized spacial score (nSPS) is 19.7. The van der Waals surface area contributed by atoms with Crippen molar-refractivity contribution in [3.8, 4) is 0 Å². The molecule has 0 radical (unpaired) electrons. The van der Waals surface area contributed by atoms with Crippen LogP contribution in [0.25, 0.3) is 0 Å². The summed E-state index contributed by atoms with van der Waals surface area (Å²) in [6, 6.07) is 5.79. The van der Waals surface area contributed by atoms with E-state index in [1.165, 1.54) is 11.3 Å². The molecule has 2 aliphatic carbocycles. The Labute approximate surface area is 185 Å². The van der Waals surface area contributed by atoms with Gasteiger partial charge in [0.1, 0.15) is 17.8 Å². The molecule has 3 aliphatic rings. The number of fused-ring (bicyclic) bond motifs is 1. The van der Waals surface area contributed by atoms with Crippen LogP contribution in [-0.4, -0.2) is 15.8 Å². The Balaban J connectivity index is 1.46. The van der Waals surface area contributed by atoms with Crippen LogP contribution in [0.1, 0.15) is 48.5 Å². The molecule has 0 spiro atoms. The lowest BCUT2D eigenvalue weighted by atomic mass is 9.78. The minimum atomic E-state index is -0.0391. The average Bonchev–Trinajstić information content (AvgIpc) is 3.18. The van der Waals surface area contributed by atoms with Gasteiger partial charge in [0.2, 0.25) is 0 Å². The summed E-state index contributed by atoms with van der Waals surface area (Å²) in [5.74, 6) is 1.75. The van der Waals surface area contributed by atoms with Crippen molar-refractivity contribution in [1.29, 1.82) is 0 Å². The first-order chi connectivity index (χ1) is 15.0. The number of nitrogens with zero attached hydrogens (tertiary/aromatic N) is 3. The van der Waals surface area contributed by atoms with Gasteiger partial charge in [0.25, 0.3) is 0 Å². The number of allylic oxidation sites excluding steroid dienone is 3. The van der Waals surface area contributed by atoms with Crippen LogP contribution in [0.2, 0.25) is 0 Å². The lowest BCUT2D eigenvalue weighted by Crippen LogP contribution is -2.26. The third kappa shape index (κ3) is 4.05. The van der Waals surface area contributed by atoms with Crippen molar-refractivity contribution >= 4 is 28.1 Å². The SMILES string of the molecule is CC1(C)CC(=O)c2sc(N3C=COC(C4=C(Nc5ccccn5)C=CCC4)=C3)nc2C1. The number of hydrogen-bond donors (Lipinski definition) is 1. The topological polar surface area (TPSA) is 67.3 Å². The number of thiazole rings is 1. The minimum Gasteiger partial charge on any atom is -0.462 e. The molecule has 0 saturated heterocycles. The van der Waals surface area contributed by atoms with Gasteiger partial charge in [0.05, 0.1) is 16.8 Å². The highest BCUT2D eigenvalue weighted by molar-refractivity contribution is 7.17. The van der Waals surface area contributed by atoms with E-state index < -0.39 is 0 Å². The second-order valence-electron chi connectivity index (χ2n) is 8.69. The van der Waals surface area contributed by atoms with Gasteiger partial charge in [-0.25, -0.2) is 9.97 Å². The quantitative estimate of drug-likeness (QED) is 0.682. The van der Waals surface area contributed by atoms with Crippen LogP contribution in [-0.2, 0) is 11.2 Å². The number of hydrogen-bond acceptors (Lipinski definition) is 7. The molecule has 2 aromatic heterocycles. The first kappa shape index (κ1) is 19.8. The van der Waals surface area contributed by atoms with Crippen LogP contribution in [0.5, 0.6) is 0 Å². The van der Waals surface area contributed by atoms with Crippen molar-refractivity contribution in [2.75, 3.05) is 10.2 Å². The molecule has 31 heavy (non-hydrogen) atoms. The zero-order valence-electron chi connectivity index (χ0n) is 17.6. The van der Waals surface area contributed by atoms with Gasteiger partial charge in [-0.2, -0.15) is 0 Å². The van der Waals surface area contributed by atoms with E-state index >= 15 is 0 Å². The van der Waals surface area contributed by atoms with Crippen molar-refractivity contribution in [3.05, 3.63) is 82.8 Å². The molecule has 0 aromatic carbocycles. The molecule has 2 aromatic rings. The van der Waals surface area contributed by atoms with Crippen molar-refractivity contribution in [3.63, 3.8) is 0 Å². The lowest BCUT2D eigenvalue weighted by Gasteiger charge is -2.26. The standard InChI is InChI=1S/C24H24N4O2S/c1-24(2)13-18-22(19(29)14-24)31-23(27-18)28-11-12-30-20(15-28)16-7-3-4-8-17(16)26-21-9-5-6-10-25-21/h4-6,8-12,15H,3,7,13-14H2,1-2H3,(H,25,26). The van der Waals surface area contributed by atoms with E-state index in [0.29, 0.717) is 6.42 Å². The first-order valence-corrected chi connectivity index (χ1v) is 11.2. The van der Waals surface area contributed by atoms with E-state index in [4.69, 9.17) is 9.72 Å². The van der Waals surface area contributed by atoms with Crippen LogP contribution in [0.3, 0.4) is 0 Å². The number of ether oxygens (including phenoxy) is 1. The largest absolute Gasteiger partial charge is 0.462 e. The van der Waals surface area contributed by atoms with Crippen molar-refractivity contribution in [2.45, 2.75) is 39.5 Å². The summed E-state index contributed by atoms with van der Waals surface area (Å²) in [5, 5.41) is 4.19. The monoisotopic (exact) mass is 432 g/mol. The Kier molecular flexibility index (Phi) is 4.98. The first-order valence-electron chi connectivity index (χ1n) is 10.4. The summed E-state index contributed by atoms with van der Waals surface area (Å²) in [7, 11) is 0. The molecule has 0 amide bonds. The van der Waals surface area contributed by atoms with Crippen LogP contribution >= 0.6 is 11.3 Å². The summed E-state index contributed by atoms with van der Waals surface area (Å²) >= 11 is 1.46. The molecule has 3 heterocycles. The maximum Gasteiger partial charge on any atom is 0.194 e. The van der Waals surface area contributed by atoms with E-state index in [0.717, 1.165) is 57.8 Å². The number of aromatic nitrogens is 2. The van der Waals surface area contributed by atoms with Gasteiger partial charge in [-0.1, -0.05) is 37.3 Å². The number of Topliss-reactive ketones (excluding diaryl/α,β-unsaturated/α-hetero) is 1. The van der Waals surface area contributed by atoms with E-state index in [2.05, 4.69) is 36.3 Å². The Morgan fingerprint density at radius 2 is 2.16 bits per heavy atom. The maximum atomic E-state index is 12.6. The van der Waals surface area contributed by atoms with Crippen LogP contribution in [0.15, 0.2) is 72.2 Å². The zero-order valence-corrected chi connectivity index (χ0v) is 18.4. The Bertz CT molecular complexity index is 1140. The van der Waals surface area contributed by atoms with Crippen LogP contribution < -0.4 is 10.2 Å². The summed E-state index contributed by atoms with van der Waals surface area (Å²) in [5.41, 5.74) is 2.93. The fourth-order valence-electron chi connectivity index (χ4n) is 4.07. The molecule has 5 rings (SSSR count). The van der Waals surface area contributed by atoms with Crippen molar-refractivity contribution in [2.24, 2.45) is 5.41 Å². The third-order valence-electron chi connectivity index (χ3n) is 5.51. The van der Waals surface area contributed by atoms with E-state index in [9.17, 15) is 4.79 Å². The Morgan fingerprint density at radius 1 is 1.26 bits per heavy atom.